The Bertz CT molecular complexity index is 394. The summed E-state index contributed by atoms with van der Waals surface area (Å²) in [6.45, 7) is 0. The Labute approximate surface area is 97.3 Å². The fourth-order valence-corrected chi connectivity index (χ4v) is 3.19. The van der Waals surface area contributed by atoms with E-state index in [9.17, 15) is 31.1 Å². The maximum atomic E-state index is 13.0. The average Bonchev–Trinajstić information content (AvgIpc) is 2.70. The molecule has 0 heterocycles. The zero-order valence-corrected chi connectivity index (χ0v) is 8.72. The molecule has 2 nitrogen and oxygen atoms in total. The summed E-state index contributed by atoms with van der Waals surface area (Å²) < 4.78 is 77.8. The first-order valence-corrected chi connectivity index (χ1v) is 5.08. The smallest absolute Gasteiger partial charge is 0.404 e. The number of aliphatic carboxylic acids is 1. The fraction of sp³-hybridized carbons (Fsp3) is 0.700. The second kappa shape index (κ2) is 3.42. The van der Waals surface area contributed by atoms with Crippen LogP contribution in [0.15, 0.2) is 12.2 Å². The molecule has 0 spiro atoms. The van der Waals surface area contributed by atoms with Crippen LogP contribution < -0.4 is 0 Å². The van der Waals surface area contributed by atoms with Crippen LogP contribution in [0.25, 0.3) is 0 Å². The Hall–Kier alpha value is -1.21. The van der Waals surface area contributed by atoms with Gasteiger partial charge < -0.3 is 5.11 Å². The van der Waals surface area contributed by atoms with Gasteiger partial charge in [-0.05, 0) is 12.3 Å². The standard InChI is InChI=1S/C10H8F6O2/c11-9(12,13)8(10(14,15)16)5-2-1-4(3-5)6(8)7(17)18/h1-2,4-6H,3H2,(H,17,18). The summed E-state index contributed by atoms with van der Waals surface area (Å²) in [5.41, 5.74) is -4.16. The van der Waals surface area contributed by atoms with Gasteiger partial charge in [-0.15, -0.1) is 0 Å². The van der Waals surface area contributed by atoms with Crippen molar-refractivity contribution in [2.24, 2.45) is 23.2 Å². The quantitative estimate of drug-likeness (QED) is 0.589. The van der Waals surface area contributed by atoms with Crippen molar-refractivity contribution in [2.45, 2.75) is 18.8 Å². The Kier molecular flexibility index (Phi) is 2.51. The van der Waals surface area contributed by atoms with Crippen molar-refractivity contribution in [3.8, 4) is 0 Å². The van der Waals surface area contributed by atoms with E-state index in [2.05, 4.69) is 0 Å². The molecule has 3 unspecified atom stereocenters. The van der Waals surface area contributed by atoms with Crippen molar-refractivity contribution in [1.82, 2.24) is 0 Å². The summed E-state index contributed by atoms with van der Waals surface area (Å²) in [4.78, 5) is 10.9. The predicted octanol–water partition coefficient (Wildman–Crippen LogP) is 3.00. The van der Waals surface area contributed by atoms with Crippen LogP contribution >= 0.6 is 0 Å². The largest absolute Gasteiger partial charge is 0.481 e. The minimum Gasteiger partial charge on any atom is -0.481 e. The molecule has 1 fully saturated rings. The Morgan fingerprint density at radius 3 is 1.94 bits per heavy atom. The van der Waals surface area contributed by atoms with Crippen molar-refractivity contribution in [1.29, 1.82) is 0 Å². The lowest BCUT2D eigenvalue weighted by molar-refractivity contribution is -0.362. The number of carbonyl (C=O) groups is 1. The lowest BCUT2D eigenvalue weighted by atomic mass is 9.67. The summed E-state index contributed by atoms with van der Waals surface area (Å²) in [5.74, 6) is -7.60. The molecule has 8 heteroatoms. The molecule has 2 aliphatic rings. The van der Waals surface area contributed by atoms with E-state index in [0.717, 1.165) is 12.2 Å². The number of alkyl halides is 6. The summed E-state index contributed by atoms with van der Waals surface area (Å²) >= 11 is 0. The maximum absolute atomic E-state index is 13.0. The van der Waals surface area contributed by atoms with E-state index in [0.29, 0.717) is 0 Å². The monoisotopic (exact) mass is 274 g/mol. The zero-order chi connectivity index (χ0) is 13.9. The Morgan fingerprint density at radius 1 is 1.11 bits per heavy atom. The van der Waals surface area contributed by atoms with Crippen LogP contribution in [0.2, 0.25) is 0 Å². The molecular formula is C10H8F6O2. The maximum Gasteiger partial charge on any atom is 0.404 e. The van der Waals surface area contributed by atoms with Gasteiger partial charge in [0.05, 0.1) is 5.92 Å². The van der Waals surface area contributed by atoms with Crippen molar-refractivity contribution in [3.05, 3.63) is 12.2 Å². The number of rotatable bonds is 1. The van der Waals surface area contributed by atoms with Crippen molar-refractivity contribution in [2.75, 3.05) is 0 Å². The average molecular weight is 274 g/mol. The predicted molar refractivity (Wildman–Crippen MR) is 46.4 cm³/mol. The highest BCUT2D eigenvalue weighted by Crippen LogP contribution is 2.69. The normalized spacial score (nSPS) is 34.0. The van der Waals surface area contributed by atoms with Gasteiger partial charge >= 0.3 is 18.3 Å². The fourth-order valence-electron chi connectivity index (χ4n) is 3.19. The molecular weight excluding hydrogens is 266 g/mol. The molecule has 0 aromatic carbocycles. The zero-order valence-electron chi connectivity index (χ0n) is 8.72. The van der Waals surface area contributed by atoms with E-state index in [4.69, 9.17) is 5.11 Å². The van der Waals surface area contributed by atoms with Crippen LogP contribution in [-0.4, -0.2) is 23.4 Å². The molecule has 1 saturated carbocycles. The second-order valence-electron chi connectivity index (χ2n) is 4.57. The van der Waals surface area contributed by atoms with E-state index in [1.807, 2.05) is 0 Å². The molecule has 0 saturated heterocycles. The van der Waals surface area contributed by atoms with Crippen LogP contribution in [-0.2, 0) is 4.79 Å². The third kappa shape index (κ3) is 1.34. The van der Waals surface area contributed by atoms with Crippen LogP contribution in [0.4, 0.5) is 26.3 Å². The lowest BCUT2D eigenvalue weighted by Gasteiger charge is -2.42. The molecule has 0 aromatic heterocycles. The van der Waals surface area contributed by atoms with Gasteiger partial charge in [0.2, 0.25) is 0 Å². The van der Waals surface area contributed by atoms with E-state index >= 15 is 0 Å². The van der Waals surface area contributed by atoms with E-state index < -0.39 is 47.9 Å². The number of carboxylic acids is 1. The molecule has 3 atom stereocenters. The van der Waals surface area contributed by atoms with Crippen LogP contribution in [0, 0.1) is 23.2 Å². The molecule has 0 aliphatic heterocycles. The summed E-state index contributed by atoms with van der Waals surface area (Å²) in [6.07, 6.45) is -9.72. The van der Waals surface area contributed by atoms with Gasteiger partial charge in [-0.25, -0.2) is 0 Å². The first-order valence-electron chi connectivity index (χ1n) is 5.08. The molecule has 2 aliphatic carbocycles. The van der Waals surface area contributed by atoms with Gasteiger partial charge in [-0.1, -0.05) is 12.2 Å². The third-order valence-corrected chi connectivity index (χ3v) is 3.82. The number of allylic oxidation sites excluding steroid dienone is 2. The summed E-state index contributed by atoms with van der Waals surface area (Å²) in [7, 11) is 0. The van der Waals surface area contributed by atoms with E-state index in [1.165, 1.54) is 0 Å². The van der Waals surface area contributed by atoms with Gasteiger partial charge in [-0.3, -0.25) is 4.79 Å². The highest BCUT2D eigenvalue weighted by atomic mass is 19.4. The van der Waals surface area contributed by atoms with Gasteiger partial charge in [0.25, 0.3) is 0 Å². The molecule has 18 heavy (non-hydrogen) atoms. The first-order chi connectivity index (χ1) is 8.03. The van der Waals surface area contributed by atoms with Crippen LogP contribution in [0.3, 0.4) is 0 Å². The molecule has 2 bridgehead atoms. The number of fused-ring (bicyclic) bond motifs is 2. The number of halogens is 6. The second-order valence-corrected chi connectivity index (χ2v) is 4.57. The van der Waals surface area contributed by atoms with Crippen LogP contribution in [0.5, 0.6) is 0 Å². The minimum absolute atomic E-state index is 0.421. The van der Waals surface area contributed by atoms with Crippen LogP contribution in [0.1, 0.15) is 6.42 Å². The van der Waals surface area contributed by atoms with E-state index in [-0.39, 0.29) is 0 Å². The molecule has 2 rings (SSSR count). The highest BCUT2D eigenvalue weighted by molar-refractivity contribution is 5.73. The minimum atomic E-state index is -5.64. The SMILES string of the molecule is O=C(O)C1C2C=CC(C2)C1(C(F)(F)F)C(F)(F)F. The third-order valence-electron chi connectivity index (χ3n) is 3.82. The Balaban J connectivity index is 2.66. The number of carboxylic acid groups (broad SMARTS) is 1. The molecule has 0 amide bonds. The number of hydrogen-bond donors (Lipinski definition) is 1. The van der Waals surface area contributed by atoms with Gasteiger partial charge in [0.15, 0.2) is 5.41 Å². The first kappa shape index (κ1) is 13.2. The Morgan fingerprint density at radius 2 is 1.61 bits per heavy atom. The highest BCUT2D eigenvalue weighted by Gasteiger charge is 2.82. The molecule has 0 radical (unpaired) electrons. The topological polar surface area (TPSA) is 37.3 Å². The molecule has 0 aromatic rings. The van der Waals surface area contributed by atoms with E-state index in [1.54, 1.807) is 0 Å². The molecule has 1 N–H and O–H groups in total. The summed E-state index contributed by atoms with van der Waals surface area (Å²) in [6, 6.07) is 0. The molecule has 102 valence electrons. The van der Waals surface area contributed by atoms with Crippen molar-refractivity contribution >= 4 is 5.97 Å². The lowest BCUT2D eigenvalue weighted by Crippen LogP contribution is -2.59. The van der Waals surface area contributed by atoms with Gasteiger partial charge in [-0.2, -0.15) is 26.3 Å². The summed E-state index contributed by atoms with van der Waals surface area (Å²) in [5, 5.41) is 8.76. The van der Waals surface area contributed by atoms with Gasteiger partial charge in [0.1, 0.15) is 0 Å². The van der Waals surface area contributed by atoms with Crippen molar-refractivity contribution in [3.63, 3.8) is 0 Å². The number of hydrogen-bond acceptors (Lipinski definition) is 1. The van der Waals surface area contributed by atoms with Gasteiger partial charge in [0, 0.05) is 5.92 Å². The van der Waals surface area contributed by atoms with Crippen molar-refractivity contribution < 1.29 is 36.2 Å².